The Bertz CT molecular complexity index is 498. The minimum atomic E-state index is -0.680. The largest absolute Gasteiger partial charge is 0.467 e. The van der Waals surface area contributed by atoms with E-state index in [1.54, 1.807) is 18.4 Å². The number of ether oxygens (including phenoxy) is 2. The van der Waals surface area contributed by atoms with Crippen molar-refractivity contribution < 1.29 is 23.8 Å². The van der Waals surface area contributed by atoms with Crippen molar-refractivity contribution in [3.8, 4) is 0 Å². The molecule has 6 heteroatoms. The summed E-state index contributed by atoms with van der Waals surface area (Å²) in [5, 5.41) is 10.4. The third-order valence-electron chi connectivity index (χ3n) is 4.80. The number of hydrogen-bond acceptors (Lipinski definition) is 5. The highest BCUT2D eigenvalue weighted by atomic mass is 16.7. The molecule has 2 saturated heterocycles. The summed E-state index contributed by atoms with van der Waals surface area (Å²) in [4.78, 5) is 14.7. The van der Waals surface area contributed by atoms with Gasteiger partial charge < -0.3 is 23.9 Å². The standard InChI is InChI=1S/C18H27NO5/c20-15(16-7-4-9-22-16)12-14-6-2-1-3-8-19(14)17(21)13-18-23-10-5-11-24-18/h4,7,9,14-15,18,20H,1-3,5-6,8,10-13H2/t14-,15-/m1/s1. The minimum absolute atomic E-state index is 0.0312. The second-order valence-corrected chi connectivity index (χ2v) is 6.59. The fourth-order valence-electron chi connectivity index (χ4n) is 3.52. The minimum Gasteiger partial charge on any atom is -0.467 e. The first-order valence-corrected chi connectivity index (χ1v) is 8.98. The Hall–Kier alpha value is -1.37. The van der Waals surface area contributed by atoms with Crippen LogP contribution in [0.2, 0.25) is 0 Å². The Morgan fingerprint density at radius 2 is 2.08 bits per heavy atom. The number of amides is 1. The molecule has 24 heavy (non-hydrogen) atoms. The quantitative estimate of drug-likeness (QED) is 0.894. The molecule has 0 aromatic carbocycles. The SMILES string of the molecule is O=C(CC1OCCCO1)N1CCCCC[C@@H]1C[C@@H](O)c1ccco1. The van der Waals surface area contributed by atoms with Crippen LogP contribution in [0, 0.1) is 0 Å². The second-order valence-electron chi connectivity index (χ2n) is 6.59. The predicted molar refractivity (Wildman–Crippen MR) is 87.2 cm³/mol. The van der Waals surface area contributed by atoms with Gasteiger partial charge in [0.05, 0.1) is 25.9 Å². The fourth-order valence-corrected chi connectivity index (χ4v) is 3.52. The average Bonchev–Trinajstić information content (AvgIpc) is 3.03. The van der Waals surface area contributed by atoms with Gasteiger partial charge in [-0.25, -0.2) is 0 Å². The summed E-state index contributed by atoms with van der Waals surface area (Å²) in [6, 6.07) is 3.58. The molecule has 6 nitrogen and oxygen atoms in total. The maximum atomic E-state index is 12.8. The molecule has 0 spiro atoms. The molecule has 1 N–H and O–H groups in total. The Labute approximate surface area is 142 Å². The molecule has 1 aromatic heterocycles. The van der Waals surface area contributed by atoms with Crippen LogP contribution in [0.1, 0.15) is 56.8 Å². The van der Waals surface area contributed by atoms with Gasteiger partial charge in [0, 0.05) is 19.0 Å². The zero-order chi connectivity index (χ0) is 16.8. The number of aliphatic hydroxyl groups is 1. The Morgan fingerprint density at radius 3 is 2.83 bits per heavy atom. The zero-order valence-electron chi connectivity index (χ0n) is 14.1. The van der Waals surface area contributed by atoms with Gasteiger partial charge in [-0.1, -0.05) is 12.8 Å². The zero-order valence-corrected chi connectivity index (χ0v) is 14.1. The van der Waals surface area contributed by atoms with E-state index in [4.69, 9.17) is 13.9 Å². The van der Waals surface area contributed by atoms with Gasteiger partial charge in [-0.3, -0.25) is 4.79 Å². The average molecular weight is 337 g/mol. The van der Waals surface area contributed by atoms with Crippen LogP contribution in [0.25, 0.3) is 0 Å². The fraction of sp³-hybridized carbons (Fsp3) is 0.722. The van der Waals surface area contributed by atoms with Crippen LogP contribution in [0.15, 0.2) is 22.8 Å². The Balaban J connectivity index is 1.61. The molecule has 2 fully saturated rings. The number of rotatable bonds is 5. The van der Waals surface area contributed by atoms with Crippen molar-refractivity contribution in [1.29, 1.82) is 0 Å². The van der Waals surface area contributed by atoms with Crippen molar-refractivity contribution in [3.63, 3.8) is 0 Å². The monoisotopic (exact) mass is 337 g/mol. The molecule has 2 aliphatic heterocycles. The van der Waals surface area contributed by atoms with E-state index in [9.17, 15) is 9.90 Å². The van der Waals surface area contributed by atoms with E-state index < -0.39 is 12.4 Å². The smallest absolute Gasteiger partial charge is 0.227 e. The van der Waals surface area contributed by atoms with Crippen LogP contribution < -0.4 is 0 Å². The maximum absolute atomic E-state index is 12.8. The lowest BCUT2D eigenvalue weighted by Gasteiger charge is -2.33. The van der Waals surface area contributed by atoms with Crippen molar-refractivity contribution in [2.75, 3.05) is 19.8 Å². The molecule has 0 aliphatic carbocycles. The number of carbonyl (C=O) groups excluding carboxylic acids is 1. The highest BCUT2D eigenvalue weighted by Crippen LogP contribution is 2.27. The molecule has 134 valence electrons. The summed E-state index contributed by atoms with van der Waals surface area (Å²) >= 11 is 0. The molecule has 1 aromatic rings. The van der Waals surface area contributed by atoms with Crippen LogP contribution in [0.3, 0.4) is 0 Å². The van der Waals surface area contributed by atoms with E-state index >= 15 is 0 Å². The summed E-state index contributed by atoms with van der Waals surface area (Å²) in [7, 11) is 0. The van der Waals surface area contributed by atoms with E-state index in [1.807, 2.05) is 4.90 Å². The topological polar surface area (TPSA) is 72.1 Å². The molecule has 0 radical (unpaired) electrons. The van der Waals surface area contributed by atoms with Gasteiger partial charge in [0.1, 0.15) is 11.9 Å². The van der Waals surface area contributed by atoms with Gasteiger partial charge in [-0.05, 0) is 31.4 Å². The van der Waals surface area contributed by atoms with Gasteiger partial charge >= 0.3 is 0 Å². The molecular formula is C18H27NO5. The van der Waals surface area contributed by atoms with Crippen LogP contribution in [-0.4, -0.2) is 48.0 Å². The van der Waals surface area contributed by atoms with E-state index in [-0.39, 0.29) is 18.4 Å². The normalized spacial score (nSPS) is 24.5. The molecule has 0 bridgehead atoms. The predicted octanol–water partition coefficient (Wildman–Crippen LogP) is 2.63. The van der Waals surface area contributed by atoms with Gasteiger partial charge in [-0.2, -0.15) is 0 Å². The lowest BCUT2D eigenvalue weighted by atomic mass is 10.0. The maximum Gasteiger partial charge on any atom is 0.227 e. The first-order valence-electron chi connectivity index (χ1n) is 8.98. The molecule has 1 amide bonds. The summed E-state index contributed by atoms with van der Waals surface area (Å²) in [6.07, 6.45) is 6.22. The van der Waals surface area contributed by atoms with Gasteiger partial charge in [0.15, 0.2) is 6.29 Å². The summed E-state index contributed by atoms with van der Waals surface area (Å²) < 4.78 is 16.3. The lowest BCUT2D eigenvalue weighted by Crippen LogP contribution is -2.43. The van der Waals surface area contributed by atoms with Gasteiger partial charge in [0.25, 0.3) is 0 Å². The Kier molecular flexibility index (Phi) is 6.29. The number of furan rings is 1. The van der Waals surface area contributed by atoms with E-state index in [0.717, 1.165) is 38.6 Å². The van der Waals surface area contributed by atoms with E-state index in [2.05, 4.69) is 0 Å². The van der Waals surface area contributed by atoms with Crippen molar-refractivity contribution in [1.82, 2.24) is 4.90 Å². The number of likely N-dealkylation sites (tertiary alicyclic amines) is 1. The van der Waals surface area contributed by atoms with Crippen LogP contribution in [0.4, 0.5) is 0 Å². The molecule has 0 unspecified atom stereocenters. The lowest BCUT2D eigenvalue weighted by molar-refractivity contribution is -0.187. The molecule has 2 atom stereocenters. The number of nitrogens with zero attached hydrogens (tertiary/aromatic N) is 1. The number of carbonyl (C=O) groups is 1. The molecule has 0 saturated carbocycles. The first kappa shape index (κ1) is 17.5. The van der Waals surface area contributed by atoms with Crippen molar-refractivity contribution >= 4 is 5.91 Å². The highest BCUT2D eigenvalue weighted by Gasteiger charge is 2.30. The Morgan fingerprint density at radius 1 is 1.25 bits per heavy atom. The van der Waals surface area contributed by atoms with Crippen molar-refractivity contribution in [3.05, 3.63) is 24.2 Å². The highest BCUT2D eigenvalue weighted by molar-refractivity contribution is 5.77. The summed E-state index contributed by atoms with van der Waals surface area (Å²) in [5.74, 6) is 0.617. The summed E-state index contributed by atoms with van der Waals surface area (Å²) in [6.45, 7) is 2.04. The molecule has 2 aliphatic rings. The first-order chi connectivity index (χ1) is 11.7. The second kappa shape index (κ2) is 8.65. The van der Waals surface area contributed by atoms with Crippen LogP contribution >= 0.6 is 0 Å². The summed E-state index contributed by atoms with van der Waals surface area (Å²) in [5.41, 5.74) is 0. The van der Waals surface area contributed by atoms with Crippen molar-refractivity contribution in [2.24, 2.45) is 0 Å². The number of aliphatic hydroxyl groups excluding tert-OH is 1. The van der Waals surface area contributed by atoms with Crippen molar-refractivity contribution in [2.45, 2.75) is 63.4 Å². The number of hydrogen-bond donors (Lipinski definition) is 1. The third kappa shape index (κ3) is 4.59. The molecule has 3 heterocycles. The van der Waals surface area contributed by atoms with E-state index in [1.165, 1.54) is 0 Å². The van der Waals surface area contributed by atoms with E-state index in [0.29, 0.717) is 25.4 Å². The van der Waals surface area contributed by atoms with Crippen LogP contribution in [-0.2, 0) is 14.3 Å². The molecule has 3 rings (SSSR count). The van der Waals surface area contributed by atoms with Gasteiger partial charge in [-0.15, -0.1) is 0 Å². The van der Waals surface area contributed by atoms with Gasteiger partial charge in [0.2, 0.25) is 5.91 Å². The van der Waals surface area contributed by atoms with Crippen LogP contribution in [0.5, 0.6) is 0 Å². The third-order valence-corrected chi connectivity index (χ3v) is 4.80. The molecular weight excluding hydrogens is 310 g/mol.